The number of benzene rings is 2. The standard InChI is InChI=1S/C20H28Cl2N4O2.C13H15Cl2NO2/c1-14(27)25-9-5-18(6-10-25)24(2)20(28)23-17-3-7-26(8-4-17)19-12-15(21)11-16(22)13-19;14-10-7-11(15)9-12(8-10)16-3-1-13(2-4-16)17-5-6-18-13/h11-13,17-18H,3-10H2,1-2H3,(H,23,28);7-9H,1-6H2. The monoisotopic (exact) mass is 713 g/mol. The molecular weight excluding hydrogens is 672 g/mol. The molecule has 46 heavy (non-hydrogen) atoms. The highest BCUT2D eigenvalue weighted by molar-refractivity contribution is 6.35. The van der Waals surface area contributed by atoms with Gasteiger partial charge in [-0.15, -0.1) is 0 Å². The lowest BCUT2D eigenvalue weighted by Gasteiger charge is -2.38. The van der Waals surface area contributed by atoms with Gasteiger partial charge in [-0.3, -0.25) is 4.79 Å². The van der Waals surface area contributed by atoms with Crippen LogP contribution >= 0.6 is 46.4 Å². The number of carbonyl (C=O) groups excluding carboxylic acids is 2. The van der Waals surface area contributed by atoms with Crippen molar-refractivity contribution in [3.05, 3.63) is 56.5 Å². The highest BCUT2D eigenvalue weighted by atomic mass is 35.5. The second-order valence-electron chi connectivity index (χ2n) is 12.4. The van der Waals surface area contributed by atoms with Crippen molar-refractivity contribution in [1.29, 1.82) is 0 Å². The zero-order valence-electron chi connectivity index (χ0n) is 26.5. The molecule has 3 amide bonds. The van der Waals surface area contributed by atoms with Gasteiger partial charge in [-0.1, -0.05) is 46.4 Å². The molecule has 0 bridgehead atoms. The first-order valence-corrected chi connectivity index (χ1v) is 17.5. The smallest absolute Gasteiger partial charge is 0.317 e. The van der Waals surface area contributed by atoms with Crippen molar-refractivity contribution in [2.24, 2.45) is 0 Å². The van der Waals surface area contributed by atoms with Crippen LogP contribution in [-0.4, -0.2) is 99.1 Å². The zero-order chi connectivity index (χ0) is 32.8. The van der Waals surface area contributed by atoms with Crippen LogP contribution in [0, 0.1) is 0 Å². The van der Waals surface area contributed by atoms with Crippen LogP contribution in [0.5, 0.6) is 0 Å². The van der Waals surface area contributed by atoms with Crippen molar-refractivity contribution in [3.63, 3.8) is 0 Å². The first-order valence-electron chi connectivity index (χ1n) is 16.0. The number of carbonyl (C=O) groups is 2. The van der Waals surface area contributed by atoms with Crippen molar-refractivity contribution in [2.75, 3.05) is 69.3 Å². The van der Waals surface area contributed by atoms with E-state index in [9.17, 15) is 9.59 Å². The van der Waals surface area contributed by atoms with E-state index in [1.54, 1.807) is 24.0 Å². The van der Waals surface area contributed by atoms with E-state index in [-0.39, 0.29) is 29.8 Å². The van der Waals surface area contributed by atoms with Crippen LogP contribution in [-0.2, 0) is 14.3 Å². The summed E-state index contributed by atoms with van der Waals surface area (Å²) in [4.78, 5) is 32.3. The maximum atomic E-state index is 12.7. The van der Waals surface area contributed by atoms with Crippen molar-refractivity contribution in [2.45, 2.75) is 63.3 Å². The molecule has 252 valence electrons. The molecule has 1 spiro atoms. The van der Waals surface area contributed by atoms with Gasteiger partial charge in [0.05, 0.1) is 13.2 Å². The van der Waals surface area contributed by atoms with Crippen molar-refractivity contribution in [1.82, 2.24) is 15.1 Å². The maximum absolute atomic E-state index is 12.7. The van der Waals surface area contributed by atoms with Gasteiger partial charge in [0.25, 0.3) is 0 Å². The lowest BCUT2D eigenvalue weighted by Crippen LogP contribution is -2.53. The highest BCUT2D eigenvalue weighted by Crippen LogP contribution is 2.35. The van der Waals surface area contributed by atoms with Crippen LogP contribution < -0.4 is 15.1 Å². The Bertz CT molecular complexity index is 1310. The Hall–Kier alpha value is -2.14. The molecule has 6 rings (SSSR count). The van der Waals surface area contributed by atoms with E-state index in [4.69, 9.17) is 55.9 Å². The molecule has 0 saturated carbocycles. The Morgan fingerprint density at radius 1 is 0.739 bits per heavy atom. The van der Waals surface area contributed by atoms with Crippen molar-refractivity contribution in [3.8, 4) is 0 Å². The molecule has 2 aromatic rings. The topological polar surface area (TPSA) is 77.6 Å². The summed E-state index contributed by atoms with van der Waals surface area (Å²) in [5, 5.41) is 5.79. The van der Waals surface area contributed by atoms with Gasteiger partial charge in [-0.05, 0) is 62.1 Å². The summed E-state index contributed by atoms with van der Waals surface area (Å²) < 4.78 is 11.4. The Morgan fingerprint density at radius 2 is 1.20 bits per heavy atom. The van der Waals surface area contributed by atoms with Gasteiger partial charge >= 0.3 is 6.03 Å². The molecule has 0 aliphatic carbocycles. The molecule has 0 radical (unpaired) electrons. The van der Waals surface area contributed by atoms with E-state index < -0.39 is 0 Å². The number of nitrogens with zero attached hydrogens (tertiary/aromatic N) is 4. The zero-order valence-corrected chi connectivity index (χ0v) is 29.5. The Balaban J connectivity index is 0.000000198. The second-order valence-corrected chi connectivity index (χ2v) is 14.2. The molecule has 0 unspecified atom stereocenters. The number of nitrogens with one attached hydrogen (secondary N) is 1. The van der Waals surface area contributed by atoms with E-state index in [1.807, 2.05) is 36.2 Å². The molecule has 0 atom stereocenters. The lowest BCUT2D eigenvalue weighted by atomic mass is 10.0. The third-order valence-corrected chi connectivity index (χ3v) is 10.2. The van der Waals surface area contributed by atoms with E-state index in [1.165, 1.54) is 0 Å². The van der Waals surface area contributed by atoms with Gasteiger partial charge in [0, 0.05) is 110 Å². The number of rotatable bonds is 4. The predicted molar refractivity (Wildman–Crippen MR) is 186 cm³/mol. The summed E-state index contributed by atoms with van der Waals surface area (Å²) in [6, 6.07) is 11.6. The fourth-order valence-electron chi connectivity index (χ4n) is 6.63. The fourth-order valence-corrected chi connectivity index (χ4v) is 7.66. The molecule has 4 fully saturated rings. The van der Waals surface area contributed by atoms with Crippen molar-refractivity contribution >= 4 is 69.7 Å². The minimum absolute atomic E-state index is 0.0227. The number of halogens is 4. The number of piperidine rings is 3. The van der Waals surface area contributed by atoms with E-state index in [2.05, 4.69) is 15.1 Å². The average Bonchev–Trinajstić information content (AvgIpc) is 3.48. The third-order valence-electron chi connectivity index (χ3n) is 9.36. The van der Waals surface area contributed by atoms with Crippen LogP contribution in [0.25, 0.3) is 0 Å². The molecule has 4 saturated heterocycles. The number of anilines is 2. The Labute approximate surface area is 291 Å². The van der Waals surface area contributed by atoms with E-state index >= 15 is 0 Å². The normalized spacial score (nSPS) is 20.3. The molecule has 4 aliphatic rings. The van der Waals surface area contributed by atoms with Crippen LogP contribution in [0.2, 0.25) is 20.1 Å². The van der Waals surface area contributed by atoms with Gasteiger partial charge in [0.2, 0.25) is 5.91 Å². The molecule has 4 heterocycles. The fraction of sp³-hybridized carbons (Fsp3) is 0.576. The van der Waals surface area contributed by atoms with Crippen LogP contribution in [0.4, 0.5) is 16.2 Å². The number of amides is 3. The average molecular weight is 716 g/mol. The van der Waals surface area contributed by atoms with Crippen LogP contribution in [0.1, 0.15) is 45.4 Å². The molecule has 4 aliphatic heterocycles. The third kappa shape index (κ3) is 9.26. The maximum Gasteiger partial charge on any atom is 0.317 e. The Morgan fingerprint density at radius 3 is 1.65 bits per heavy atom. The first-order chi connectivity index (χ1) is 22.0. The summed E-state index contributed by atoms with van der Waals surface area (Å²) in [7, 11) is 1.85. The predicted octanol–water partition coefficient (Wildman–Crippen LogP) is 6.95. The van der Waals surface area contributed by atoms with E-state index in [0.717, 1.165) is 89.2 Å². The summed E-state index contributed by atoms with van der Waals surface area (Å²) in [6.07, 6.45) is 5.20. The van der Waals surface area contributed by atoms with E-state index in [0.29, 0.717) is 33.3 Å². The summed E-state index contributed by atoms with van der Waals surface area (Å²) in [6.45, 7) is 7.96. The molecule has 13 heteroatoms. The first kappa shape index (κ1) is 35.2. The second kappa shape index (κ2) is 15.8. The number of hydrogen-bond donors (Lipinski definition) is 1. The molecular formula is C33H43Cl4N5O4. The SMILES string of the molecule is CC(=O)N1CCC(N(C)C(=O)NC2CCN(c3cc(Cl)cc(Cl)c3)CC2)CC1.Clc1cc(Cl)cc(N2CCC3(CC2)OCCO3)c1. The van der Waals surface area contributed by atoms with Crippen molar-refractivity contribution < 1.29 is 19.1 Å². The van der Waals surface area contributed by atoms with Crippen LogP contribution in [0.15, 0.2) is 36.4 Å². The summed E-state index contributed by atoms with van der Waals surface area (Å²) in [5.41, 5.74) is 2.09. The van der Waals surface area contributed by atoms with Gasteiger partial charge < -0.3 is 34.4 Å². The Kier molecular flexibility index (Phi) is 12.1. The lowest BCUT2D eigenvalue weighted by molar-refractivity contribution is -0.169. The van der Waals surface area contributed by atoms with Crippen LogP contribution in [0.3, 0.4) is 0 Å². The highest BCUT2D eigenvalue weighted by Gasteiger charge is 2.40. The molecule has 9 nitrogen and oxygen atoms in total. The van der Waals surface area contributed by atoms with Gasteiger partial charge in [0.15, 0.2) is 5.79 Å². The largest absolute Gasteiger partial charge is 0.371 e. The quantitative estimate of drug-likeness (QED) is 0.370. The minimum atomic E-state index is -0.334. The summed E-state index contributed by atoms with van der Waals surface area (Å²) in [5.74, 6) is -0.225. The minimum Gasteiger partial charge on any atom is -0.371 e. The van der Waals surface area contributed by atoms with Gasteiger partial charge in [0.1, 0.15) is 0 Å². The number of likely N-dealkylation sites (tertiary alicyclic amines) is 1. The van der Waals surface area contributed by atoms with Gasteiger partial charge in [-0.25, -0.2) is 4.79 Å². The number of hydrogen-bond acceptors (Lipinski definition) is 6. The van der Waals surface area contributed by atoms with Gasteiger partial charge in [-0.2, -0.15) is 0 Å². The molecule has 2 aromatic carbocycles. The molecule has 1 N–H and O–H groups in total. The number of urea groups is 1. The molecule has 0 aromatic heterocycles. The summed E-state index contributed by atoms with van der Waals surface area (Å²) >= 11 is 24.3. The number of ether oxygens (including phenoxy) is 2.